The number of hydrogen-bond acceptors (Lipinski definition) is 5. The van der Waals surface area contributed by atoms with Gasteiger partial charge >= 0.3 is 0 Å². The number of rotatable bonds is 6. The molecule has 0 spiro atoms. The number of aliphatic hydroxyl groups excluding tert-OH is 1. The summed E-state index contributed by atoms with van der Waals surface area (Å²) in [5.41, 5.74) is 0.504. The Bertz CT molecular complexity index is 917. The third kappa shape index (κ3) is 3.81. The highest BCUT2D eigenvalue weighted by molar-refractivity contribution is 6.14. The third-order valence-corrected chi connectivity index (χ3v) is 5.39. The Kier molecular flexibility index (Phi) is 5.46. The molecule has 1 aromatic carbocycles. The summed E-state index contributed by atoms with van der Waals surface area (Å²) in [4.78, 5) is 28.6. The first-order chi connectivity index (χ1) is 14.1. The van der Waals surface area contributed by atoms with Gasteiger partial charge in [-0.3, -0.25) is 9.59 Å². The number of nitrogens with one attached hydrogen (secondary N) is 1. The second kappa shape index (κ2) is 8.18. The third-order valence-electron chi connectivity index (χ3n) is 5.39. The Morgan fingerprint density at radius 3 is 2.59 bits per heavy atom. The van der Waals surface area contributed by atoms with Crippen LogP contribution in [0.15, 0.2) is 58.4 Å². The number of ether oxygens (including phenoxy) is 1. The molecule has 29 heavy (non-hydrogen) atoms. The van der Waals surface area contributed by atoms with Gasteiger partial charge in [0.05, 0.1) is 44.2 Å². The minimum Gasteiger partial charge on any atom is -0.503 e. The number of benzene rings is 1. The number of Topliss-reactive ketones (excluding diaryl/α,β-unsaturated/α-hetero) is 1. The Morgan fingerprint density at radius 1 is 1.21 bits per heavy atom. The van der Waals surface area contributed by atoms with E-state index in [9.17, 15) is 19.1 Å². The fourth-order valence-electron chi connectivity index (χ4n) is 3.84. The van der Waals surface area contributed by atoms with Gasteiger partial charge in [-0.05, 0) is 29.8 Å². The molecule has 2 aromatic rings. The number of hydrogen-bond donors (Lipinski definition) is 2. The molecule has 0 saturated carbocycles. The molecule has 0 bridgehead atoms. The largest absolute Gasteiger partial charge is 0.503 e. The molecule has 2 aliphatic rings. The molecule has 7 nitrogen and oxygen atoms in total. The van der Waals surface area contributed by atoms with Crippen molar-refractivity contribution in [2.45, 2.75) is 6.04 Å². The SMILES string of the molecule is O=C(C1=C(O)C(=O)N(CC[NH+]2CCOCC2)[C@@H]1c1ccc(F)cc1)c1ccco1. The molecule has 1 saturated heterocycles. The van der Waals surface area contributed by atoms with Crippen LogP contribution in [0.4, 0.5) is 4.39 Å². The molecule has 1 atom stereocenters. The lowest BCUT2D eigenvalue weighted by atomic mass is 9.95. The number of amides is 1. The topological polar surface area (TPSA) is 84.4 Å². The van der Waals surface area contributed by atoms with E-state index >= 15 is 0 Å². The van der Waals surface area contributed by atoms with E-state index in [0.717, 1.165) is 13.1 Å². The van der Waals surface area contributed by atoms with Crippen molar-refractivity contribution < 1.29 is 33.1 Å². The van der Waals surface area contributed by atoms with E-state index in [-0.39, 0.29) is 11.3 Å². The van der Waals surface area contributed by atoms with E-state index in [0.29, 0.717) is 31.9 Å². The number of ketones is 1. The zero-order chi connectivity index (χ0) is 20.4. The molecule has 1 aromatic heterocycles. The first-order valence-corrected chi connectivity index (χ1v) is 9.55. The number of carbonyl (C=O) groups excluding carboxylic acids is 2. The van der Waals surface area contributed by atoms with Crippen molar-refractivity contribution >= 4 is 11.7 Å². The maximum atomic E-state index is 13.5. The molecule has 0 aliphatic carbocycles. The maximum absolute atomic E-state index is 13.5. The van der Waals surface area contributed by atoms with Crippen LogP contribution in [0.5, 0.6) is 0 Å². The van der Waals surface area contributed by atoms with E-state index in [1.165, 1.54) is 46.4 Å². The van der Waals surface area contributed by atoms with E-state index in [4.69, 9.17) is 9.15 Å². The molecule has 1 amide bonds. The highest BCUT2D eigenvalue weighted by atomic mass is 19.1. The normalized spacial score (nSPS) is 20.5. The van der Waals surface area contributed by atoms with Gasteiger partial charge < -0.3 is 24.1 Å². The van der Waals surface area contributed by atoms with Crippen LogP contribution in [0.1, 0.15) is 22.2 Å². The summed E-state index contributed by atoms with van der Waals surface area (Å²) in [5, 5.41) is 10.5. The molecule has 0 unspecified atom stereocenters. The molecule has 8 heteroatoms. The molecule has 4 rings (SSSR count). The van der Waals surface area contributed by atoms with Crippen LogP contribution in [0.2, 0.25) is 0 Å². The Morgan fingerprint density at radius 2 is 1.93 bits per heavy atom. The van der Waals surface area contributed by atoms with Crippen molar-refractivity contribution in [2.75, 3.05) is 39.4 Å². The number of nitrogens with zero attached hydrogens (tertiary/aromatic N) is 1. The average Bonchev–Trinajstić information content (AvgIpc) is 3.36. The van der Waals surface area contributed by atoms with Gasteiger partial charge in [-0.1, -0.05) is 12.1 Å². The van der Waals surface area contributed by atoms with Gasteiger partial charge in [0.15, 0.2) is 11.5 Å². The van der Waals surface area contributed by atoms with Crippen LogP contribution in [-0.2, 0) is 9.53 Å². The molecule has 2 N–H and O–H groups in total. The van der Waals surface area contributed by atoms with E-state index in [2.05, 4.69) is 0 Å². The number of carbonyl (C=O) groups is 2. The molecule has 2 aliphatic heterocycles. The fraction of sp³-hybridized carbons (Fsp3) is 0.333. The fourth-order valence-corrected chi connectivity index (χ4v) is 3.84. The maximum Gasteiger partial charge on any atom is 0.290 e. The van der Waals surface area contributed by atoms with Crippen molar-refractivity contribution in [2.24, 2.45) is 0 Å². The van der Waals surface area contributed by atoms with Crippen LogP contribution in [0.25, 0.3) is 0 Å². The molecular formula is C21H22FN2O5+. The van der Waals surface area contributed by atoms with Crippen LogP contribution < -0.4 is 4.90 Å². The van der Waals surface area contributed by atoms with Crippen molar-refractivity contribution in [3.05, 3.63) is 71.1 Å². The van der Waals surface area contributed by atoms with Gasteiger partial charge in [-0.15, -0.1) is 0 Å². The van der Waals surface area contributed by atoms with Crippen LogP contribution in [0, 0.1) is 5.82 Å². The lowest BCUT2D eigenvalue weighted by Gasteiger charge is -2.30. The lowest BCUT2D eigenvalue weighted by molar-refractivity contribution is -0.907. The van der Waals surface area contributed by atoms with Crippen LogP contribution in [-0.4, -0.2) is 61.1 Å². The van der Waals surface area contributed by atoms with E-state index in [1.807, 2.05) is 0 Å². The number of quaternary nitrogens is 1. The van der Waals surface area contributed by atoms with Crippen LogP contribution in [0.3, 0.4) is 0 Å². The number of halogens is 1. The van der Waals surface area contributed by atoms with E-state index in [1.54, 1.807) is 6.07 Å². The van der Waals surface area contributed by atoms with Gasteiger partial charge in [0.1, 0.15) is 18.9 Å². The monoisotopic (exact) mass is 401 g/mol. The zero-order valence-electron chi connectivity index (χ0n) is 15.8. The zero-order valence-corrected chi connectivity index (χ0v) is 15.8. The van der Waals surface area contributed by atoms with Gasteiger partial charge in [0.2, 0.25) is 5.78 Å². The van der Waals surface area contributed by atoms with E-state index < -0.39 is 29.3 Å². The number of furan rings is 1. The highest BCUT2D eigenvalue weighted by Gasteiger charge is 2.44. The Labute approximate surface area is 167 Å². The first-order valence-electron chi connectivity index (χ1n) is 9.55. The Hall–Kier alpha value is -2.97. The summed E-state index contributed by atoms with van der Waals surface area (Å²) in [7, 11) is 0. The summed E-state index contributed by atoms with van der Waals surface area (Å²) in [6.07, 6.45) is 1.36. The quantitative estimate of drug-likeness (QED) is 0.703. The highest BCUT2D eigenvalue weighted by Crippen LogP contribution is 2.38. The second-order valence-electron chi connectivity index (χ2n) is 7.13. The Balaban J connectivity index is 1.66. The molecule has 1 fully saturated rings. The predicted molar refractivity (Wildman–Crippen MR) is 99.9 cm³/mol. The molecule has 0 radical (unpaired) electrons. The second-order valence-corrected chi connectivity index (χ2v) is 7.13. The minimum atomic E-state index is -0.804. The summed E-state index contributed by atoms with van der Waals surface area (Å²) < 4.78 is 24.0. The average molecular weight is 401 g/mol. The molecule has 152 valence electrons. The predicted octanol–water partition coefficient (Wildman–Crippen LogP) is 0.912. The van der Waals surface area contributed by atoms with Crippen molar-refractivity contribution in [3.63, 3.8) is 0 Å². The van der Waals surface area contributed by atoms with Crippen molar-refractivity contribution in [3.8, 4) is 0 Å². The minimum absolute atomic E-state index is 0.0344. The summed E-state index contributed by atoms with van der Waals surface area (Å²) >= 11 is 0. The number of morpholine rings is 1. The van der Waals surface area contributed by atoms with Gasteiger partial charge in [-0.2, -0.15) is 0 Å². The smallest absolute Gasteiger partial charge is 0.290 e. The summed E-state index contributed by atoms with van der Waals surface area (Å²) in [5.74, 6) is -2.14. The van der Waals surface area contributed by atoms with Gasteiger partial charge in [0, 0.05) is 0 Å². The van der Waals surface area contributed by atoms with Gasteiger partial charge in [-0.25, -0.2) is 4.39 Å². The summed E-state index contributed by atoms with van der Waals surface area (Å²) in [6, 6.07) is 7.83. The standard InChI is InChI=1S/C21H21FN2O5/c22-15-5-3-14(4-6-15)18-17(19(25)16-2-1-11-29-16)20(26)21(27)24(18)8-7-23-9-12-28-13-10-23/h1-6,11,18,26H,7-10,12-13H2/p+1/t18-/m1/s1. The number of aliphatic hydroxyl groups is 1. The molecular weight excluding hydrogens is 379 g/mol. The summed E-state index contributed by atoms with van der Waals surface area (Å²) in [6.45, 7) is 3.99. The first kappa shape index (κ1) is 19.4. The lowest BCUT2D eigenvalue weighted by Crippen LogP contribution is -3.14. The molecule has 3 heterocycles. The van der Waals surface area contributed by atoms with Crippen molar-refractivity contribution in [1.82, 2.24) is 4.90 Å². The van der Waals surface area contributed by atoms with Crippen LogP contribution >= 0.6 is 0 Å². The van der Waals surface area contributed by atoms with Crippen molar-refractivity contribution in [1.29, 1.82) is 0 Å². The van der Waals surface area contributed by atoms with Gasteiger partial charge in [0.25, 0.3) is 5.91 Å².